The van der Waals surface area contributed by atoms with Gasteiger partial charge in [0, 0.05) is 22.5 Å². The summed E-state index contributed by atoms with van der Waals surface area (Å²) in [6, 6.07) is 4.27. The molecule has 0 saturated carbocycles. The molecule has 94 valence electrons. The van der Waals surface area contributed by atoms with Gasteiger partial charge in [-0.3, -0.25) is 0 Å². The SMILES string of the molecule is CC(C)(C)Cc1cc2c([nH]1)CNc1nnccc1-2. The lowest BCUT2D eigenvalue weighted by molar-refractivity contribution is 0.407. The lowest BCUT2D eigenvalue weighted by Gasteiger charge is -2.16. The fraction of sp³-hybridized carbons (Fsp3) is 0.429. The van der Waals surface area contributed by atoms with Crippen LogP contribution in [0.3, 0.4) is 0 Å². The monoisotopic (exact) mass is 242 g/mol. The molecule has 0 bridgehead atoms. The number of aromatic amines is 1. The first kappa shape index (κ1) is 11.3. The molecule has 0 aromatic carbocycles. The van der Waals surface area contributed by atoms with Crippen LogP contribution >= 0.6 is 0 Å². The molecule has 1 aliphatic rings. The zero-order valence-electron chi connectivity index (χ0n) is 11.0. The van der Waals surface area contributed by atoms with E-state index in [0.717, 1.165) is 24.3 Å². The van der Waals surface area contributed by atoms with E-state index in [0.29, 0.717) is 5.41 Å². The van der Waals surface area contributed by atoms with E-state index in [-0.39, 0.29) is 0 Å². The number of hydrogen-bond donors (Lipinski definition) is 2. The van der Waals surface area contributed by atoms with Crippen LogP contribution in [0, 0.1) is 5.41 Å². The first-order valence-electron chi connectivity index (χ1n) is 6.30. The van der Waals surface area contributed by atoms with E-state index in [9.17, 15) is 0 Å². The highest BCUT2D eigenvalue weighted by molar-refractivity contribution is 5.79. The molecule has 18 heavy (non-hydrogen) atoms. The first-order valence-corrected chi connectivity index (χ1v) is 6.30. The molecule has 0 saturated heterocycles. The van der Waals surface area contributed by atoms with Crippen molar-refractivity contribution >= 4 is 5.82 Å². The van der Waals surface area contributed by atoms with Gasteiger partial charge < -0.3 is 10.3 Å². The maximum absolute atomic E-state index is 4.13. The van der Waals surface area contributed by atoms with Crippen molar-refractivity contribution in [2.24, 2.45) is 5.41 Å². The summed E-state index contributed by atoms with van der Waals surface area (Å²) >= 11 is 0. The maximum atomic E-state index is 4.13. The number of hydrogen-bond acceptors (Lipinski definition) is 3. The van der Waals surface area contributed by atoms with Gasteiger partial charge in [-0.15, -0.1) is 5.10 Å². The number of H-pyrrole nitrogens is 1. The first-order chi connectivity index (χ1) is 8.53. The van der Waals surface area contributed by atoms with E-state index in [2.05, 4.69) is 47.3 Å². The fourth-order valence-corrected chi connectivity index (χ4v) is 2.46. The number of fused-ring (bicyclic) bond motifs is 3. The van der Waals surface area contributed by atoms with Crippen LogP contribution in [0.25, 0.3) is 11.1 Å². The van der Waals surface area contributed by atoms with E-state index in [4.69, 9.17) is 0 Å². The third-order valence-corrected chi connectivity index (χ3v) is 3.12. The van der Waals surface area contributed by atoms with Gasteiger partial charge in [-0.05, 0) is 24.0 Å². The van der Waals surface area contributed by atoms with Crippen molar-refractivity contribution in [3.63, 3.8) is 0 Å². The molecule has 3 heterocycles. The second-order valence-electron chi connectivity index (χ2n) is 6.07. The van der Waals surface area contributed by atoms with Crippen LogP contribution in [0.5, 0.6) is 0 Å². The molecular weight excluding hydrogens is 224 g/mol. The molecule has 3 rings (SSSR count). The zero-order valence-corrected chi connectivity index (χ0v) is 11.0. The van der Waals surface area contributed by atoms with Gasteiger partial charge >= 0.3 is 0 Å². The minimum atomic E-state index is 0.292. The van der Waals surface area contributed by atoms with Crippen LogP contribution in [0.2, 0.25) is 0 Å². The Morgan fingerprint density at radius 1 is 1.28 bits per heavy atom. The Morgan fingerprint density at radius 2 is 2.11 bits per heavy atom. The van der Waals surface area contributed by atoms with E-state index >= 15 is 0 Å². The van der Waals surface area contributed by atoms with Gasteiger partial charge in [-0.2, -0.15) is 5.10 Å². The molecule has 0 radical (unpaired) electrons. The molecule has 0 spiro atoms. The normalized spacial score (nSPS) is 13.7. The topological polar surface area (TPSA) is 53.6 Å². The predicted molar refractivity (Wildman–Crippen MR) is 72.3 cm³/mol. The standard InChI is InChI=1S/C14H18N4/c1-14(2,3)7-9-6-11-10-4-5-16-18-13(10)15-8-12(11)17-9/h4-6,17H,7-8H2,1-3H3,(H,15,18). The summed E-state index contributed by atoms with van der Waals surface area (Å²) in [5.74, 6) is 0.881. The minimum absolute atomic E-state index is 0.292. The van der Waals surface area contributed by atoms with Gasteiger partial charge in [0.05, 0.1) is 12.7 Å². The number of aromatic nitrogens is 3. The molecular formula is C14H18N4. The highest BCUT2D eigenvalue weighted by Gasteiger charge is 2.21. The molecule has 2 aromatic rings. The van der Waals surface area contributed by atoms with Crippen molar-refractivity contribution in [2.75, 3.05) is 5.32 Å². The molecule has 0 fully saturated rings. The molecule has 1 aliphatic heterocycles. The number of nitrogens with one attached hydrogen (secondary N) is 2. The second kappa shape index (κ2) is 3.83. The van der Waals surface area contributed by atoms with Crippen molar-refractivity contribution in [3.05, 3.63) is 29.7 Å². The quantitative estimate of drug-likeness (QED) is 0.808. The van der Waals surface area contributed by atoms with Gasteiger partial charge in [0.25, 0.3) is 0 Å². The smallest absolute Gasteiger partial charge is 0.156 e. The molecule has 0 atom stereocenters. The van der Waals surface area contributed by atoms with Gasteiger partial charge in [0.1, 0.15) is 0 Å². The molecule has 4 nitrogen and oxygen atoms in total. The summed E-state index contributed by atoms with van der Waals surface area (Å²) in [5.41, 5.74) is 5.23. The van der Waals surface area contributed by atoms with Crippen molar-refractivity contribution in [3.8, 4) is 11.1 Å². The van der Waals surface area contributed by atoms with Gasteiger partial charge in [-0.1, -0.05) is 20.8 Å². The molecule has 2 aromatic heterocycles. The van der Waals surface area contributed by atoms with Crippen LogP contribution in [-0.2, 0) is 13.0 Å². The van der Waals surface area contributed by atoms with Gasteiger partial charge in [-0.25, -0.2) is 0 Å². The third kappa shape index (κ3) is 1.98. The Hall–Kier alpha value is -1.84. The highest BCUT2D eigenvalue weighted by atomic mass is 15.2. The fourth-order valence-electron chi connectivity index (χ4n) is 2.46. The number of anilines is 1. The Morgan fingerprint density at radius 3 is 2.89 bits per heavy atom. The third-order valence-electron chi connectivity index (χ3n) is 3.12. The lowest BCUT2D eigenvalue weighted by Crippen LogP contribution is -2.11. The van der Waals surface area contributed by atoms with E-state index in [1.807, 2.05) is 6.07 Å². The van der Waals surface area contributed by atoms with Crippen molar-refractivity contribution < 1.29 is 0 Å². The zero-order chi connectivity index (χ0) is 12.8. The van der Waals surface area contributed by atoms with Gasteiger partial charge in [0.2, 0.25) is 0 Å². The van der Waals surface area contributed by atoms with Crippen molar-refractivity contribution in [1.82, 2.24) is 15.2 Å². The Balaban J connectivity index is 2.02. The molecule has 4 heteroatoms. The summed E-state index contributed by atoms with van der Waals surface area (Å²) in [7, 11) is 0. The highest BCUT2D eigenvalue weighted by Crippen LogP contribution is 2.35. The molecule has 0 aliphatic carbocycles. The van der Waals surface area contributed by atoms with E-state index < -0.39 is 0 Å². The summed E-state index contributed by atoms with van der Waals surface area (Å²) in [5, 5.41) is 11.3. The number of nitrogens with zero attached hydrogens (tertiary/aromatic N) is 2. The van der Waals surface area contributed by atoms with Crippen LogP contribution in [0.1, 0.15) is 32.2 Å². The summed E-state index contributed by atoms with van der Waals surface area (Å²) in [4.78, 5) is 3.52. The summed E-state index contributed by atoms with van der Waals surface area (Å²) < 4.78 is 0. The average molecular weight is 242 g/mol. The lowest BCUT2D eigenvalue weighted by atomic mass is 9.90. The summed E-state index contributed by atoms with van der Waals surface area (Å²) in [6.07, 6.45) is 2.79. The predicted octanol–water partition coefficient (Wildman–Crippen LogP) is 2.99. The van der Waals surface area contributed by atoms with Crippen molar-refractivity contribution in [2.45, 2.75) is 33.7 Å². The Kier molecular flexibility index (Phi) is 2.40. The number of rotatable bonds is 1. The minimum Gasteiger partial charge on any atom is -0.362 e. The van der Waals surface area contributed by atoms with E-state index in [1.165, 1.54) is 17.0 Å². The molecule has 0 amide bonds. The molecule has 0 unspecified atom stereocenters. The van der Waals surface area contributed by atoms with Crippen LogP contribution < -0.4 is 5.32 Å². The maximum Gasteiger partial charge on any atom is 0.156 e. The van der Waals surface area contributed by atoms with Crippen molar-refractivity contribution in [1.29, 1.82) is 0 Å². The molecule has 2 N–H and O–H groups in total. The average Bonchev–Trinajstić information content (AvgIpc) is 2.69. The summed E-state index contributed by atoms with van der Waals surface area (Å²) in [6.45, 7) is 7.56. The van der Waals surface area contributed by atoms with Crippen LogP contribution in [-0.4, -0.2) is 15.2 Å². The van der Waals surface area contributed by atoms with Crippen LogP contribution in [0.4, 0.5) is 5.82 Å². The van der Waals surface area contributed by atoms with E-state index in [1.54, 1.807) is 6.20 Å². The second-order valence-corrected chi connectivity index (χ2v) is 6.07. The van der Waals surface area contributed by atoms with Gasteiger partial charge in [0.15, 0.2) is 5.82 Å². The Bertz CT molecular complexity index is 578. The van der Waals surface area contributed by atoms with Crippen LogP contribution in [0.15, 0.2) is 18.3 Å². The Labute approximate surface area is 107 Å². The largest absolute Gasteiger partial charge is 0.362 e.